The molecule has 0 aliphatic rings. The summed E-state index contributed by atoms with van der Waals surface area (Å²) in [5.74, 6) is -1.90. The van der Waals surface area contributed by atoms with E-state index < -0.39 is 17.6 Å². The van der Waals surface area contributed by atoms with Gasteiger partial charge in [0, 0.05) is 14.1 Å². The molecule has 1 aromatic heterocycles. The zero-order valence-corrected chi connectivity index (χ0v) is 7.01. The summed E-state index contributed by atoms with van der Waals surface area (Å²) in [4.78, 5) is 22.9. The lowest BCUT2D eigenvalue weighted by atomic mass is 10.3. The summed E-state index contributed by atoms with van der Waals surface area (Å²) in [7, 11) is 2.95. The van der Waals surface area contributed by atoms with Crippen LogP contribution in [0.2, 0.25) is 0 Å². The molecule has 7 heteroatoms. The Balaban J connectivity index is 3.08. The quantitative estimate of drug-likeness (QED) is 0.665. The van der Waals surface area contributed by atoms with Gasteiger partial charge in [-0.2, -0.15) is 0 Å². The predicted octanol–water partition coefficient (Wildman–Crippen LogP) is -0.530. The normalized spacial score (nSPS) is 9.69. The number of nitrogens with zero attached hydrogens (tertiary/aromatic N) is 3. The van der Waals surface area contributed by atoms with Crippen molar-refractivity contribution in [1.82, 2.24) is 15.2 Å². The number of carboxylic acid groups (broad SMARTS) is 1. The maximum atomic E-state index is 11.2. The second-order valence-corrected chi connectivity index (χ2v) is 2.47. The molecule has 0 aromatic carbocycles. The van der Waals surface area contributed by atoms with Crippen LogP contribution >= 0.6 is 0 Å². The Morgan fingerprint density at radius 3 is 2.31 bits per heavy atom. The minimum atomic E-state index is -1.34. The molecular formula is C6H7N3O4. The molecule has 1 rings (SSSR count). The minimum Gasteiger partial charge on any atom is -0.476 e. The Labute approximate surface area is 72.9 Å². The fourth-order valence-corrected chi connectivity index (χ4v) is 0.681. The Morgan fingerprint density at radius 1 is 1.31 bits per heavy atom. The van der Waals surface area contributed by atoms with Gasteiger partial charge in [-0.05, 0) is 10.3 Å². The summed E-state index contributed by atoms with van der Waals surface area (Å²) < 4.78 is 4.15. The number of carbonyl (C=O) groups excluding carboxylic acids is 1. The van der Waals surface area contributed by atoms with Gasteiger partial charge in [0.05, 0.1) is 0 Å². The number of hydrogen-bond acceptors (Lipinski definition) is 5. The molecule has 1 N–H and O–H groups in total. The number of aromatic carboxylic acids is 1. The van der Waals surface area contributed by atoms with Crippen molar-refractivity contribution >= 4 is 11.9 Å². The van der Waals surface area contributed by atoms with Crippen molar-refractivity contribution in [3.63, 3.8) is 0 Å². The summed E-state index contributed by atoms with van der Waals surface area (Å²) in [6.07, 6.45) is 0. The fourth-order valence-electron chi connectivity index (χ4n) is 0.681. The first-order chi connectivity index (χ1) is 6.04. The number of rotatable bonds is 2. The third-order valence-corrected chi connectivity index (χ3v) is 1.30. The topological polar surface area (TPSA) is 96.5 Å². The first-order valence-corrected chi connectivity index (χ1v) is 3.31. The van der Waals surface area contributed by atoms with Crippen molar-refractivity contribution in [1.29, 1.82) is 0 Å². The van der Waals surface area contributed by atoms with E-state index in [1.165, 1.54) is 19.0 Å². The number of carboxylic acids is 1. The second-order valence-electron chi connectivity index (χ2n) is 2.47. The van der Waals surface area contributed by atoms with Crippen molar-refractivity contribution in [2.45, 2.75) is 0 Å². The number of aromatic nitrogens is 2. The van der Waals surface area contributed by atoms with Crippen LogP contribution in [0.1, 0.15) is 21.0 Å². The summed E-state index contributed by atoms with van der Waals surface area (Å²) in [6, 6.07) is 0. The molecule has 0 spiro atoms. The number of amides is 1. The highest BCUT2D eigenvalue weighted by Crippen LogP contribution is 2.04. The molecule has 0 unspecified atom stereocenters. The molecule has 0 bridgehead atoms. The average molecular weight is 185 g/mol. The lowest BCUT2D eigenvalue weighted by molar-refractivity contribution is 0.0675. The molecule has 70 valence electrons. The third kappa shape index (κ3) is 1.63. The summed E-state index contributed by atoms with van der Waals surface area (Å²) >= 11 is 0. The standard InChI is InChI=1S/C6H7N3O4/c1-9(2)5(10)3-4(6(11)12)8-13-7-3/h1-2H3,(H,11,12). The van der Waals surface area contributed by atoms with Crippen LogP contribution < -0.4 is 0 Å². The van der Waals surface area contributed by atoms with E-state index in [2.05, 4.69) is 14.9 Å². The van der Waals surface area contributed by atoms with Crippen LogP contribution in [0.5, 0.6) is 0 Å². The van der Waals surface area contributed by atoms with Crippen LogP contribution in [0.4, 0.5) is 0 Å². The molecule has 1 aromatic rings. The van der Waals surface area contributed by atoms with Crippen LogP contribution in [0.25, 0.3) is 0 Å². The van der Waals surface area contributed by atoms with Gasteiger partial charge >= 0.3 is 5.97 Å². The number of hydrogen-bond donors (Lipinski definition) is 1. The van der Waals surface area contributed by atoms with Crippen LogP contribution in [-0.2, 0) is 0 Å². The van der Waals surface area contributed by atoms with E-state index in [9.17, 15) is 9.59 Å². The second kappa shape index (κ2) is 3.21. The van der Waals surface area contributed by atoms with E-state index in [0.717, 1.165) is 0 Å². The van der Waals surface area contributed by atoms with Gasteiger partial charge in [0.2, 0.25) is 11.4 Å². The molecule has 1 heterocycles. The summed E-state index contributed by atoms with van der Waals surface area (Å²) in [5.41, 5.74) is -0.767. The highest BCUT2D eigenvalue weighted by molar-refractivity contribution is 6.01. The maximum Gasteiger partial charge on any atom is 0.360 e. The van der Waals surface area contributed by atoms with Gasteiger partial charge in [0.1, 0.15) is 0 Å². The van der Waals surface area contributed by atoms with Crippen molar-refractivity contribution in [3.8, 4) is 0 Å². The van der Waals surface area contributed by atoms with Crippen LogP contribution in [-0.4, -0.2) is 46.3 Å². The SMILES string of the molecule is CN(C)C(=O)c1nonc1C(=O)O. The van der Waals surface area contributed by atoms with Crippen molar-refractivity contribution in [3.05, 3.63) is 11.4 Å². The summed E-state index contributed by atoms with van der Waals surface area (Å²) in [6.45, 7) is 0. The third-order valence-electron chi connectivity index (χ3n) is 1.30. The highest BCUT2D eigenvalue weighted by Gasteiger charge is 2.24. The molecule has 0 aliphatic carbocycles. The van der Waals surface area contributed by atoms with E-state index in [1.54, 1.807) is 0 Å². The first kappa shape index (κ1) is 9.17. The highest BCUT2D eigenvalue weighted by atomic mass is 16.6. The fraction of sp³-hybridized carbons (Fsp3) is 0.333. The molecule has 0 saturated carbocycles. The van der Waals surface area contributed by atoms with Gasteiger partial charge < -0.3 is 10.0 Å². The molecule has 0 aliphatic heterocycles. The zero-order valence-electron chi connectivity index (χ0n) is 7.01. The summed E-state index contributed by atoms with van der Waals surface area (Å²) in [5, 5.41) is 14.8. The Kier molecular flexibility index (Phi) is 2.27. The van der Waals surface area contributed by atoms with Gasteiger partial charge in [-0.25, -0.2) is 9.42 Å². The van der Waals surface area contributed by atoms with Gasteiger partial charge in [-0.1, -0.05) is 0 Å². The van der Waals surface area contributed by atoms with Gasteiger partial charge in [-0.15, -0.1) is 0 Å². The van der Waals surface area contributed by atoms with Gasteiger partial charge in [0.15, 0.2) is 0 Å². The lowest BCUT2D eigenvalue weighted by Gasteiger charge is -2.06. The molecule has 1 amide bonds. The van der Waals surface area contributed by atoms with Crippen molar-refractivity contribution in [2.24, 2.45) is 0 Å². The maximum absolute atomic E-state index is 11.2. The van der Waals surface area contributed by atoms with E-state index in [1.807, 2.05) is 0 Å². The molecule has 13 heavy (non-hydrogen) atoms. The smallest absolute Gasteiger partial charge is 0.360 e. The number of carbonyl (C=O) groups is 2. The molecule has 7 nitrogen and oxygen atoms in total. The average Bonchev–Trinajstić information content (AvgIpc) is 2.50. The predicted molar refractivity (Wildman–Crippen MR) is 39.3 cm³/mol. The largest absolute Gasteiger partial charge is 0.476 e. The Bertz CT molecular complexity index is 343. The lowest BCUT2D eigenvalue weighted by Crippen LogP contribution is -2.24. The van der Waals surface area contributed by atoms with Crippen molar-refractivity contribution < 1.29 is 19.3 Å². The minimum absolute atomic E-state index is 0.294. The zero-order chi connectivity index (χ0) is 10.0. The van der Waals surface area contributed by atoms with E-state index in [4.69, 9.17) is 5.11 Å². The van der Waals surface area contributed by atoms with E-state index >= 15 is 0 Å². The molecule has 0 radical (unpaired) electrons. The molecular weight excluding hydrogens is 178 g/mol. The first-order valence-electron chi connectivity index (χ1n) is 3.31. The van der Waals surface area contributed by atoms with Crippen LogP contribution in [0.15, 0.2) is 4.63 Å². The van der Waals surface area contributed by atoms with Gasteiger partial charge in [0.25, 0.3) is 5.91 Å². The van der Waals surface area contributed by atoms with Gasteiger partial charge in [-0.3, -0.25) is 4.79 Å². The van der Waals surface area contributed by atoms with Crippen LogP contribution in [0, 0.1) is 0 Å². The monoisotopic (exact) mass is 185 g/mol. The van der Waals surface area contributed by atoms with Crippen molar-refractivity contribution in [2.75, 3.05) is 14.1 Å². The van der Waals surface area contributed by atoms with E-state index in [-0.39, 0.29) is 5.69 Å². The Morgan fingerprint density at radius 2 is 1.85 bits per heavy atom. The Hall–Kier alpha value is -1.92. The molecule has 0 saturated heterocycles. The molecule has 0 atom stereocenters. The van der Waals surface area contributed by atoms with E-state index in [0.29, 0.717) is 0 Å². The molecule has 0 fully saturated rings. The van der Waals surface area contributed by atoms with Crippen LogP contribution in [0.3, 0.4) is 0 Å².